The van der Waals surface area contributed by atoms with Gasteiger partial charge in [-0.25, -0.2) is 9.13 Å². The Morgan fingerprint density at radius 3 is 0.708 bits per heavy atom. The summed E-state index contributed by atoms with van der Waals surface area (Å²) in [6, 6.07) is 8.79. The smallest absolute Gasteiger partial charge is 0.169 e. The van der Waals surface area contributed by atoms with Crippen LogP contribution in [0, 0.1) is 13.8 Å². The van der Waals surface area contributed by atoms with Gasteiger partial charge in [-0.1, -0.05) is 168 Å². The van der Waals surface area contributed by atoms with Crippen molar-refractivity contribution in [2.75, 3.05) is 0 Å². The second kappa shape index (κ2) is 38.7. The molecule has 0 saturated carbocycles. The van der Waals surface area contributed by atoms with E-state index in [0.29, 0.717) is 0 Å². The molecular weight excluding hydrogens is 627 g/mol. The van der Waals surface area contributed by atoms with E-state index in [4.69, 9.17) is 0 Å². The number of rotatable bonds is 30. The number of pyridine rings is 2. The van der Waals surface area contributed by atoms with Gasteiger partial charge in [0.05, 0.1) is 0 Å². The predicted octanol–water partition coefficient (Wildman–Crippen LogP) is 7.54. The highest BCUT2D eigenvalue weighted by atomic mass is 35.5. The Morgan fingerprint density at radius 1 is 0.312 bits per heavy atom. The quantitative estimate of drug-likeness (QED) is 0.0586. The van der Waals surface area contributed by atoms with E-state index >= 15 is 0 Å². The summed E-state index contributed by atoms with van der Waals surface area (Å²) in [5, 5.41) is 0. The number of nitrogens with zero attached hydrogens (tertiary/aromatic N) is 2. The van der Waals surface area contributed by atoms with E-state index in [-0.39, 0.29) is 24.8 Å². The maximum absolute atomic E-state index is 2.31. The Kier molecular flexibility index (Phi) is 39.5. The Labute approximate surface area is 313 Å². The van der Waals surface area contributed by atoms with Crippen LogP contribution in [0.5, 0.6) is 0 Å². The van der Waals surface area contributed by atoms with E-state index in [0.717, 1.165) is 0 Å². The number of aryl methyl sites for hydroxylation is 4. The summed E-state index contributed by atoms with van der Waals surface area (Å²) in [5.74, 6) is 0. The molecule has 0 aromatic carbocycles. The van der Waals surface area contributed by atoms with Crippen LogP contribution in [0.1, 0.15) is 205 Å². The van der Waals surface area contributed by atoms with Crippen molar-refractivity contribution >= 4 is 0 Å². The van der Waals surface area contributed by atoms with E-state index < -0.39 is 0 Å². The monoisotopic (exact) mass is 707 g/mol. The summed E-state index contributed by atoms with van der Waals surface area (Å²) < 4.78 is 4.63. The van der Waals surface area contributed by atoms with Crippen molar-refractivity contribution in [3.8, 4) is 0 Å². The summed E-state index contributed by atoms with van der Waals surface area (Å²) in [4.78, 5) is 0. The standard InChI is InChI=1S/2C22H40N.2ClH/c2*1-3-4-5-6-7-8-9-10-11-12-13-14-15-16-19-23-20-17-22(2)18-21-23;;/h2*17-18,20-21H,3-16,19H2,1-2H3;2*1H/q2*+1;;/p-2. The lowest BCUT2D eigenvalue weighted by Gasteiger charge is -2.03. The zero-order valence-corrected chi connectivity index (χ0v) is 34.0. The van der Waals surface area contributed by atoms with Gasteiger partial charge in [0.1, 0.15) is 13.1 Å². The van der Waals surface area contributed by atoms with Crippen molar-refractivity contribution in [2.24, 2.45) is 0 Å². The van der Waals surface area contributed by atoms with Crippen molar-refractivity contribution < 1.29 is 33.9 Å². The van der Waals surface area contributed by atoms with Crippen molar-refractivity contribution in [1.29, 1.82) is 0 Å². The van der Waals surface area contributed by atoms with Crippen LogP contribution < -0.4 is 33.9 Å². The Morgan fingerprint density at radius 2 is 0.500 bits per heavy atom. The topological polar surface area (TPSA) is 7.76 Å². The van der Waals surface area contributed by atoms with E-state index in [2.05, 4.69) is 85.9 Å². The molecule has 0 unspecified atom stereocenters. The van der Waals surface area contributed by atoms with Crippen LogP contribution in [0.4, 0.5) is 0 Å². The first-order valence-corrected chi connectivity index (χ1v) is 20.6. The van der Waals surface area contributed by atoms with Crippen LogP contribution in [0.3, 0.4) is 0 Å². The van der Waals surface area contributed by atoms with Crippen LogP contribution in [0.25, 0.3) is 0 Å². The normalized spacial score (nSPS) is 10.6. The number of hydrogen-bond acceptors (Lipinski definition) is 0. The molecule has 280 valence electrons. The van der Waals surface area contributed by atoms with E-state index in [9.17, 15) is 0 Å². The number of aromatic nitrogens is 2. The minimum absolute atomic E-state index is 0. The molecule has 4 heteroatoms. The molecule has 0 aliphatic rings. The van der Waals surface area contributed by atoms with Crippen molar-refractivity contribution in [3.05, 3.63) is 60.2 Å². The predicted molar refractivity (Wildman–Crippen MR) is 203 cm³/mol. The van der Waals surface area contributed by atoms with Gasteiger partial charge in [0.15, 0.2) is 24.8 Å². The van der Waals surface area contributed by atoms with Gasteiger partial charge in [0.25, 0.3) is 0 Å². The van der Waals surface area contributed by atoms with Crippen LogP contribution in [0.2, 0.25) is 0 Å². The van der Waals surface area contributed by atoms with Crippen molar-refractivity contribution in [2.45, 2.75) is 221 Å². The van der Waals surface area contributed by atoms with E-state index in [1.807, 2.05) is 0 Å². The van der Waals surface area contributed by atoms with E-state index in [1.165, 1.54) is 204 Å². The molecule has 0 saturated heterocycles. The number of halogens is 2. The zero-order valence-electron chi connectivity index (χ0n) is 32.5. The first kappa shape index (κ1) is 49.0. The molecule has 2 heterocycles. The summed E-state index contributed by atoms with van der Waals surface area (Å²) in [6.07, 6.45) is 49.0. The molecule has 0 bridgehead atoms. The molecule has 2 aromatic rings. The lowest BCUT2D eigenvalue weighted by atomic mass is 10.0. The van der Waals surface area contributed by atoms with Gasteiger partial charge >= 0.3 is 0 Å². The van der Waals surface area contributed by atoms with Gasteiger partial charge in [0.2, 0.25) is 0 Å². The van der Waals surface area contributed by atoms with Crippen LogP contribution >= 0.6 is 0 Å². The lowest BCUT2D eigenvalue weighted by Crippen LogP contribution is -3.00. The Balaban J connectivity index is 0. The Bertz CT molecular complexity index is 795. The van der Waals surface area contributed by atoms with E-state index in [1.54, 1.807) is 0 Å². The fourth-order valence-corrected chi connectivity index (χ4v) is 6.34. The van der Waals surface area contributed by atoms with Gasteiger partial charge in [-0.05, 0) is 37.8 Å². The molecule has 0 N–H and O–H groups in total. The molecule has 0 atom stereocenters. The maximum Gasteiger partial charge on any atom is 0.169 e. The first-order valence-electron chi connectivity index (χ1n) is 20.6. The van der Waals surface area contributed by atoms with Gasteiger partial charge in [0, 0.05) is 37.1 Å². The second-order valence-electron chi connectivity index (χ2n) is 14.4. The molecule has 2 nitrogen and oxygen atoms in total. The first-order chi connectivity index (χ1) is 22.7. The molecule has 0 spiro atoms. The summed E-state index contributed by atoms with van der Waals surface area (Å²) >= 11 is 0. The molecule has 0 fully saturated rings. The van der Waals surface area contributed by atoms with Gasteiger partial charge in [-0.2, -0.15) is 0 Å². The molecule has 0 amide bonds. The minimum atomic E-state index is 0. The highest BCUT2D eigenvalue weighted by Gasteiger charge is 2.01. The highest BCUT2D eigenvalue weighted by Crippen LogP contribution is 2.14. The summed E-state index contributed by atoms with van der Waals surface area (Å²) in [5.41, 5.74) is 2.70. The third kappa shape index (κ3) is 33.4. The molecule has 2 aromatic heterocycles. The average Bonchev–Trinajstić information content (AvgIpc) is 3.07. The van der Waals surface area contributed by atoms with Gasteiger partial charge in [-0.3, -0.25) is 0 Å². The molecular formula is C44H80Cl2N2. The molecule has 0 aliphatic heterocycles. The highest BCUT2D eigenvalue weighted by molar-refractivity contribution is 5.03. The summed E-state index contributed by atoms with van der Waals surface area (Å²) in [6.45, 7) is 11.2. The third-order valence-electron chi connectivity index (χ3n) is 9.66. The average molecular weight is 708 g/mol. The van der Waals surface area contributed by atoms with Gasteiger partial charge in [-0.15, -0.1) is 0 Å². The molecule has 2 rings (SSSR count). The van der Waals surface area contributed by atoms with Gasteiger partial charge < -0.3 is 24.8 Å². The zero-order chi connectivity index (χ0) is 33.2. The van der Waals surface area contributed by atoms with Crippen molar-refractivity contribution in [1.82, 2.24) is 0 Å². The molecule has 0 aliphatic carbocycles. The SMILES string of the molecule is CCCCCCCCCCCCCCCC[n+]1ccc(C)cc1.CCCCCCCCCCCCCCCC[n+]1ccc(C)cc1.[Cl-].[Cl-]. The lowest BCUT2D eigenvalue weighted by molar-refractivity contribution is -0.697. The number of hydrogen-bond donors (Lipinski definition) is 0. The molecule has 0 radical (unpaired) electrons. The fourth-order valence-electron chi connectivity index (χ4n) is 6.34. The number of unbranched alkanes of at least 4 members (excludes halogenated alkanes) is 26. The largest absolute Gasteiger partial charge is 1.00 e. The van der Waals surface area contributed by atoms with Crippen LogP contribution in [-0.2, 0) is 13.1 Å². The second-order valence-corrected chi connectivity index (χ2v) is 14.4. The van der Waals surface area contributed by atoms with Crippen molar-refractivity contribution in [3.63, 3.8) is 0 Å². The maximum atomic E-state index is 2.31. The molecule has 48 heavy (non-hydrogen) atoms. The van der Waals surface area contributed by atoms with Crippen LogP contribution in [0.15, 0.2) is 49.1 Å². The Hall–Kier alpha value is -1.12. The van der Waals surface area contributed by atoms with Crippen LogP contribution in [-0.4, -0.2) is 0 Å². The third-order valence-corrected chi connectivity index (χ3v) is 9.66. The summed E-state index contributed by atoms with van der Waals surface area (Å²) in [7, 11) is 0. The fraction of sp³-hybridized carbons (Fsp3) is 0.773. The minimum Gasteiger partial charge on any atom is -1.00 e.